The van der Waals surface area contributed by atoms with Crippen molar-refractivity contribution in [2.45, 2.75) is 74.0 Å². The maximum Gasteiger partial charge on any atom is 0.490 e. The van der Waals surface area contributed by atoms with Crippen LogP contribution in [-0.2, 0) is 32.5 Å². The molecule has 52 heavy (non-hydrogen) atoms. The van der Waals surface area contributed by atoms with Gasteiger partial charge in [0.15, 0.2) is 17.0 Å². The number of amides is 1. The summed E-state index contributed by atoms with van der Waals surface area (Å²) in [5.41, 5.74) is 2.71. The van der Waals surface area contributed by atoms with Gasteiger partial charge in [0, 0.05) is 13.0 Å². The number of carboxylic acids is 1. The second-order valence-corrected chi connectivity index (χ2v) is 13.5. The van der Waals surface area contributed by atoms with Gasteiger partial charge in [-0.15, -0.1) is 0 Å². The Bertz CT molecular complexity index is 1930. The van der Waals surface area contributed by atoms with Crippen LogP contribution >= 0.6 is 0 Å². The minimum atomic E-state index is -5.08. The summed E-state index contributed by atoms with van der Waals surface area (Å²) >= 11 is 0. The lowest BCUT2D eigenvalue weighted by Crippen LogP contribution is -2.42. The van der Waals surface area contributed by atoms with E-state index in [0.29, 0.717) is 36.4 Å². The first kappa shape index (κ1) is 39.9. The average Bonchev–Trinajstić information content (AvgIpc) is 3.64. The van der Waals surface area contributed by atoms with E-state index < -0.39 is 52.5 Å². The highest BCUT2D eigenvalue weighted by Gasteiger charge is 2.44. The van der Waals surface area contributed by atoms with E-state index >= 15 is 0 Å². The molecule has 1 amide bonds. The quantitative estimate of drug-likeness (QED) is 0.0961. The van der Waals surface area contributed by atoms with Crippen LogP contribution in [0, 0.1) is 0 Å². The fourth-order valence-corrected chi connectivity index (χ4v) is 6.01. The number of imidazole rings is 1. The van der Waals surface area contributed by atoms with Gasteiger partial charge < -0.3 is 40.9 Å². The van der Waals surface area contributed by atoms with Crippen molar-refractivity contribution in [3.05, 3.63) is 72.1 Å². The van der Waals surface area contributed by atoms with E-state index in [1.54, 1.807) is 23.6 Å². The molecule has 4 aromatic rings. The van der Waals surface area contributed by atoms with Crippen molar-refractivity contribution >= 4 is 44.8 Å². The summed E-state index contributed by atoms with van der Waals surface area (Å²) in [5.74, 6) is -2.35. The highest BCUT2D eigenvalue weighted by atomic mass is 32.2. The first-order valence-corrected chi connectivity index (χ1v) is 17.5. The molecule has 1 aliphatic carbocycles. The summed E-state index contributed by atoms with van der Waals surface area (Å²) < 4.78 is 56.6. The van der Waals surface area contributed by atoms with E-state index in [1.165, 1.54) is 18.5 Å². The van der Waals surface area contributed by atoms with Crippen LogP contribution < -0.4 is 21.1 Å². The molecule has 0 radical (unpaired) electrons. The molecule has 0 bridgehead atoms. The van der Waals surface area contributed by atoms with Crippen molar-refractivity contribution in [2.24, 2.45) is 5.14 Å². The summed E-state index contributed by atoms with van der Waals surface area (Å²) in [5, 5.41) is 53.4. The van der Waals surface area contributed by atoms with Crippen LogP contribution in [0.1, 0.15) is 36.9 Å². The third-order valence-electron chi connectivity index (χ3n) is 8.18. The molecule has 0 spiro atoms. The molecule has 16 nitrogen and oxygen atoms in total. The fourth-order valence-electron chi connectivity index (χ4n) is 5.50. The zero-order valence-electron chi connectivity index (χ0n) is 27.7. The number of sulfonamides is 1. The van der Waals surface area contributed by atoms with Crippen LogP contribution in [0.4, 0.5) is 24.9 Å². The second-order valence-electron chi connectivity index (χ2n) is 11.9. The number of carboxylic acid groups (broad SMARTS) is 1. The molecule has 282 valence electrons. The molecular formula is C32H39F3N8O8S. The third kappa shape index (κ3) is 10.3. The molecule has 2 aromatic carbocycles. The molecule has 20 heteroatoms. The van der Waals surface area contributed by atoms with Crippen LogP contribution in [0.3, 0.4) is 0 Å². The van der Waals surface area contributed by atoms with Crippen molar-refractivity contribution in [1.29, 1.82) is 0 Å². The van der Waals surface area contributed by atoms with Gasteiger partial charge in [-0.2, -0.15) is 23.1 Å². The summed E-state index contributed by atoms with van der Waals surface area (Å²) in [6, 6.07) is 14.3. The standard InChI is InChI=1S/C30H38N8O6S.C2HF3O2/c1-2-24(40)35-22-15-23(27(42)26(22)41)38-17-33-25-28(32-13-12-18-8-10-21(11-9-18)45(31,43)44)36-30(37-29(25)38)34-20(16-39)14-19-6-4-3-5-7-19;3-2(4,5)1(6)7/h3-11,17,20,22-23,26-27,39,41-42H,2,12-16H2,1H3,(H,35,40)(H2,31,43,44)(H2,32,34,36,37);(H,6,7)/t20-,22-,23+,26+,27-;/m0./s1. The minimum absolute atomic E-state index is 0.0302. The number of alkyl halides is 3. The molecular weight excluding hydrogens is 713 g/mol. The Hall–Kier alpha value is -4.89. The number of carbonyl (C=O) groups excluding carboxylic acids is 1. The van der Waals surface area contributed by atoms with Crippen LogP contribution in [0.25, 0.3) is 11.2 Å². The summed E-state index contributed by atoms with van der Waals surface area (Å²) in [6.07, 6.45) is -4.36. The molecule has 5 rings (SSSR count). The normalized spacial score (nSPS) is 19.4. The van der Waals surface area contributed by atoms with Crippen LogP contribution in [0.2, 0.25) is 0 Å². The van der Waals surface area contributed by atoms with Gasteiger partial charge in [0.25, 0.3) is 0 Å². The number of aliphatic carboxylic acids is 1. The summed E-state index contributed by atoms with van der Waals surface area (Å²) in [7, 11) is -3.79. The van der Waals surface area contributed by atoms with E-state index in [2.05, 4.69) is 25.9 Å². The predicted molar refractivity (Wildman–Crippen MR) is 182 cm³/mol. The minimum Gasteiger partial charge on any atom is -0.475 e. The largest absolute Gasteiger partial charge is 0.490 e. The molecule has 2 heterocycles. The van der Waals surface area contributed by atoms with Gasteiger partial charge >= 0.3 is 12.1 Å². The maximum atomic E-state index is 12.0. The van der Waals surface area contributed by atoms with E-state index in [4.69, 9.17) is 20.0 Å². The number of anilines is 2. The maximum absolute atomic E-state index is 12.0. The lowest BCUT2D eigenvalue weighted by molar-refractivity contribution is -0.192. The van der Waals surface area contributed by atoms with Crippen molar-refractivity contribution in [1.82, 2.24) is 24.8 Å². The number of aliphatic hydroxyl groups is 3. The van der Waals surface area contributed by atoms with Gasteiger partial charge in [-0.3, -0.25) is 4.79 Å². The molecule has 1 fully saturated rings. The van der Waals surface area contributed by atoms with E-state index in [0.717, 1.165) is 11.1 Å². The number of benzene rings is 2. The highest BCUT2D eigenvalue weighted by molar-refractivity contribution is 7.89. The van der Waals surface area contributed by atoms with E-state index in [-0.39, 0.29) is 36.2 Å². The number of nitrogens with zero attached hydrogens (tertiary/aromatic N) is 4. The lowest BCUT2D eigenvalue weighted by atomic mass is 10.1. The number of hydrogen-bond acceptors (Lipinski definition) is 12. The van der Waals surface area contributed by atoms with Gasteiger partial charge in [-0.1, -0.05) is 49.4 Å². The van der Waals surface area contributed by atoms with Crippen LogP contribution in [0.15, 0.2) is 65.8 Å². The Kier molecular flexibility index (Phi) is 13.1. The number of nitrogens with two attached hydrogens (primary N) is 1. The van der Waals surface area contributed by atoms with Gasteiger partial charge in [-0.05, 0) is 42.5 Å². The molecule has 0 saturated heterocycles. The molecule has 9 N–H and O–H groups in total. The third-order valence-corrected chi connectivity index (χ3v) is 9.11. The van der Waals surface area contributed by atoms with Crippen molar-refractivity contribution in [2.75, 3.05) is 23.8 Å². The van der Waals surface area contributed by atoms with Crippen molar-refractivity contribution < 1.29 is 51.6 Å². The van der Waals surface area contributed by atoms with Gasteiger partial charge in [-0.25, -0.2) is 23.3 Å². The predicted octanol–water partition coefficient (Wildman–Crippen LogP) is 1.34. The number of rotatable bonds is 13. The summed E-state index contributed by atoms with van der Waals surface area (Å²) in [6.45, 7) is 1.95. The Morgan fingerprint density at radius 2 is 1.69 bits per heavy atom. The first-order chi connectivity index (χ1) is 24.5. The molecule has 5 atom stereocenters. The zero-order chi connectivity index (χ0) is 38.2. The number of hydrogen-bond donors (Lipinski definition) is 8. The SMILES string of the molecule is CCC(=O)N[C@H]1C[C@@H](n2cnc3c(NCCc4ccc(S(N)(=O)=O)cc4)nc(N[C@H](CO)Cc4ccccc4)nc32)[C@H](O)[C@@H]1O.O=C(O)C(F)(F)F. The lowest BCUT2D eigenvalue weighted by Gasteiger charge is -2.20. The molecule has 1 aliphatic rings. The molecule has 1 saturated carbocycles. The van der Waals surface area contributed by atoms with Crippen LogP contribution in [0.5, 0.6) is 0 Å². The Morgan fingerprint density at radius 3 is 2.27 bits per heavy atom. The van der Waals surface area contributed by atoms with Crippen LogP contribution in [-0.4, -0.2) is 104 Å². The second kappa shape index (κ2) is 17.1. The number of aliphatic hydroxyl groups excluding tert-OH is 3. The van der Waals surface area contributed by atoms with Gasteiger partial charge in [0.1, 0.15) is 12.2 Å². The van der Waals surface area contributed by atoms with E-state index in [9.17, 15) is 41.7 Å². The van der Waals surface area contributed by atoms with Crippen molar-refractivity contribution in [3.63, 3.8) is 0 Å². The Balaban J connectivity index is 0.000000785. The number of aromatic nitrogens is 4. The highest BCUT2D eigenvalue weighted by Crippen LogP contribution is 2.34. The number of fused-ring (bicyclic) bond motifs is 1. The fraction of sp³-hybridized carbons (Fsp3) is 0.406. The molecule has 2 aromatic heterocycles. The molecule has 0 unspecified atom stereocenters. The zero-order valence-corrected chi connectivity index (χ0v) is 28.5. The van der Waals surface area contributed by atoms with Gasteiger partial charge in [0.05, 0.1) is 36.0 Å². The van der Waals surface area contributed by atoms with Crippen molar-refractivity contribution in [3.8, 4) is 0 Å². The number of carbonyl (C=O) groups is 2. The average molecular weight is 753 g/mol. The first-order valence-electron chi connectivity index (χ1n) is 16.0. The summed E-state index contributed by atoms with van der Waals surface area (Å²) in [4.78, 5) is 34.9. The van der Waals surface area contributed by atoms with E-state index in [1.807, 2.05) is 30.3 Å². The monoisotopic (exact) mass is 752 g/mol. The van der Waals surface area contributed by atoms with Gasteiger partial charge in [0.2, 0.25) is 21.9 Å². The number of primary sulfonamides is 1. The molecule has 0 aliphatic heterocycles. The Labute approximate surface area is 296 Å². The smallest absolute Gasteiger partial charge is 0.475 e. The number of halogens is 3. The number of nitrogens with one attached hydrogen (secondary N) is 3. The topological polar surface area (TPSA) is 255 Å². The Morgan fingerprint density at radius 1 is 1.04 bits per heavy atom.